The number of amides is 2. The highest BCUT2D eigenvalue weighted by Crippen LogP contribution is 2.43. The first-order chi connectivity index (χ1) is 17.5. The van der Waals surface area contributed by atoms with E-state index in [1.807, 2.05) is 0 Å². The molecule has 208 valence electrons. The highest BCUT2D eigenvalue weighted by Gasteiger charge is 2.38. The van der Waals surface area contributed by atoms with Gasteiger partial charge in [-0.1, -0.05) is 17.7 Å². The van der Waals surface area contributed by atoms with Crippen LogP contribution in [-0.4, -0.2) is 29.5 Å². The molecule has 12 heteroatoms. The Balaban J connectivity index is 2.12. The number of anilines is 1. The second kappa shape index (κ2) is 11.0. The van der Waals surface area contributed by atoms with Crippen LogP contribution >= 0.6 is 11.6 Å². The first-order valence-corrected chi connectivity index (χ1v) is 12.2. The minimum atomic E-state index is -5.02. The second-order valence-corrected chi connectivity index (χ2v) is 9.82. The summed E-state index contributed by atoms with van der Waals surface area (Å²) in [5, 5.41) is 0.341. The van der Waals surface area contributed by atoms with E-state index in [-0.39, 0.29) is 18.2 Å². The van der Waals surface area contributed by atoms with Crippen molar-refractivity contribution in [2.45, 2.75) is 71.6 Å². The van der Waals surface area contributed by atoms with Crippen molar-refractivity contribution < 1.29 is 40.7 Å². The molecule has 0 radical (unpaired) electrons. The van der Waals surface area contributed by atoms with Crippen LogP contribution < -0.4 is 4.90 Å². The number of benzene rings is 2. The lowest BCUT2D eigenvalue weighted by atomic mass is 9.96. The number of fused-ring (bicyclic) bond motifs is 1. The molecule has 1 heterocycles. The molecule has 2 aromatic rings. The Labute approximate surface area is 221 Å². The van der Waals surface area contributed by atoms with Crippen molar-refractivity contribution in [1.82, 2.24) is 4.90 Å². The van der Waals surface area contributed by atoms with Gasteiger partial charge in [-0.25, -0.2) is 4.79 Å². The molecule has 38 heavy (non-hydrogen) atoms. The maximum Gasteiger partial charge on any atom is 0.416 e. The molecule has 2 aromatic carbocycles. The van der Waals surface area contributed by atoms with Crippen molar-refractivity contribution in [3.05, 3.63) is 63.2 Å². The van der Waals surface area contributed by atoms with Gasteiger partial charge < -0.3 is 9.64 Å². The Morgan fingerprint density at radius 2 is 1.66 bits per heavy atom. The molecular formula is C26H27ClF6N2O3. The SMILES string of the molecule is CC(=O)N(Cc1cc(C(F)(F)F)cc(C(F)(F)F)c1)C1CCCN(C(=O)OC(C)C)c2c1ccc(Cl)c2C. The summed E-state index contributed by atoms with van der Waals surface area (Å²) in [6.07, 6.45) is -10.4. The molecule has 0 saturated carbocycles. The maximum absolute atomic E-state index is 13.4. The minimum absolute atomic E-state index is 0.0477. The third kappa shape index (κ3) is 6.54. The lowest BCUT2D eigenvalue weighted by Gasteiger charge is -2.33. The van der Waals surface area contributed by atoms with E-state index in [0.29, 0.717) is 46.8 Å². The summed E-state index contributed by atoms with van der Waals surface area (Å²) in [4.78, 5) is 28.3. The lowest BCUT2D eigenvalue weighted by Crippen LogP contribution is -2.35. The first kappa shape index (κ1) is 29.6. The zero-order chi connectivity index (χ0) is 28.6. The number of ether oxygens (including phenoxy) is 1. The van der Waals surface area contributed by atoms with Crippen LogP contribution in [0.3, 0.4) is 0 Å². The topological polar surface area (TPSA) is 49.9 Å². The zero-order valence-corrected chi connectivity index (χ0v) is 21.9. The van der Waals surface area contributed by atoms with Crippen LogP contribution in [0.4, 0.5) is 36.8 Å². The molecule has 0 N–H and O–H groups in total. The summed E-state index contributed by atoms with van der Waals surface area (Å²) in [5.74, 6) is -0.558. The van der Waals surface area contributed by atoms with E-state index >= 15 is 0 Å². The monoisotopic (exact) mass is 564 g/mol. The van der Waals surface area contributed by atoms with Crippen LogP contribution in [0.2, 0.25) is 5.02 Å². The molecule has 0 saturated heterocycles. The minimum Gasteiger partial charge on any atom is -0.446 e. The van der Waals surface area contributed by atoms with E-state index in [4.69, 9.17) is 16.3 Å². The van der Waals surface area contributed by atoms with Crippen LogP contribution in [0.25, 0.3) is 0 Å². The molecule has 3 rings (SSSR count). The number of rotatable bonds is 4. The van der Waals surface area contributed by atoms with Crippen LogP contribution in [0.1, 0.15) is 67.5 Å². The van der Waals surface area contributed by atoms with Gasteiger partial charge in [0.05, 0.1) is 29.0 Å². The number of hydrogen-bond donors (Lipinski definition) is 0. The molecule has 0 bridgehead atoms. The third-order valence-corrected chi connectivity index (χ3v) is 6.63. The number of alkyl halides is 6. The number of hydrogen-bond acceptors (Lipinski definition) is 3. The van der Waals surface area contributed by atoms with E-state index in [2.05, 4.69) is 0 Å². The summed E-state index contributed by atoms with van der Waals surface area (Å²) in [7, 11) is 0. The molecule has 0 aromatic heterocycles. The number of carbonyl (C=O) groups excluding carboxylic acids is 2. The van der Waals surface area contributed by atoms with Gasteiger partial charge >= 0.3 is 18.4 Å². The van der Waals surface area contributed by atoms with Crippen molar-refractivity contribution in [3.8, 4) is 0 Å². The van der Waals surface area contributed by atoms with E-state index in [1.165, 1.54) is 16.7 Å². The highest BCUT2D eigenvalue weighted by molar-refractivity contribution is 6.31. The Morgan fingerprint density at radius 3 is 2.16 bits per heavy atom. The summed E-state index contributed by atoms with van der Waals surface area (Å²) in [5.41, 5.74) is -1.83. The summed E-state index contributed by atoms with van der Waals surface area (Å²) < 4.78 is 85.9. The van der Waals surface area contributed by atoms with Crippen LogP contribution in [0, 0.1) is 6.92 Å². The smallest absolute Gasteiger partial charge is 0.416 e. The molecule has 0 fully saturated rings. The van der Waals surface area contributed by atoms with Crippen molar-refractivity contribution in [2.75, 3.05) is 11.4 Å². The van der Waals surface area contributed by atoms with Gasteiger partial charge in [0, 0.05) is 25.0 Å². The van der Waals surface area contributed by atoms with Crippen LogP contribution in [-0.2, 0) is 28.4 Å². The molecular weight excluding hydrogens is 538 g/mol. The molecule has 5 nitrogen and oxygen atoms in total. The van der Waals surface area contributed by atoms with Gasteiger partial charge in [-0.2, -0.15) is 26.3 Å². The van der Waals surface area contributed by atoms with E-state index in [1.54, 1.807) is 32.9 Å². The molecule has 1 aliphatic rings. The summed E-state index contributed by atoms with van der Waals surface area (Å²) in [6.45, 7) is 5.95. The number of halogens is 7. The largest absolute Gasteiger partial charge is 0.446 e. The zero-order valence-electron chi connectivity index (χ0n) is 21.1. The summed E-state index contributed by atoms with van der Waals surface area (Å²) >= 11 is 6.34. The van der Waals surface area contributed by atoms with Gasteiger partial charge in [0.2, 0.25) is 5.91 Å². The van der Waals surface area contributed by atoms with Gasteiger partial charge in [-0.3, -0.25) is 9.69 Å². The average Bonchev–Trinajstić information content (AvgIpc) is 2.98. The predicted octanol–water partition coefficient (Wildman–Crippen LogP) is 7.92. The average molecular weight is 565 g/mol. The van der Waals surface area contributed by atoms with Gasteiger partial charge in [-0.05, 0) is 74.6 Å². The molecule has 0 aliphatic carbocycles. The van der Waals surface area contributed by atoms with Gasteiger partial charge in [-0.15, -0.1) is 0 Å². The summed E-state index contributed by atoms with van der Waals surface area (Å²) in [6, 6.07) is 3.71. The quantitative estimate of drug-likeness (QED) is 0.354. The van der Waals surface area contributed by atoms with Crippen molar-refractivity contribution in [1.29, 1.82) is 0 Å². The second-order valence-electron chi connectivity index (χ2n) is 9.41. The fourth-order valence-electron chi connectivity index (χ4n) is 4.55. The Kier molecular flexibility index (Phi) is 8.60. The van der Waals surface area contributed by atoms with Gasteiger partial charge in [0.15, 0.2) is 0 Å². The molecule has 1 aliphatic heterocycles. The van der Waals surface area contributed by atoms with E-state index in [9.17, 15) is 35.9 Å². The lowest BCUT2D eigenvalue weighted by molar-refractivity contribution is -0.143. The number of nitrogens with zero attached hydrogens (tertiary/aromatic N) is 2. The first-order valence-electron chi connectivity index (χ1n) is 11.8. The van der Waals surface area contributed by atoms with Crippen molar-refractivity contribution >= 4 is 29.3 Å². The van der Waals surface area contributed by atoms with Crippen molar-refractivity contribution in [3.63, 3.8) is 0 Å². The van der Waals surface area contributed by atoms with E-state index < -0.39 is 54.2 Å². The number of carbonyl (C=O) groups is 2. The van der Waals surface area contributed by atoms with Gasteiger partial charge in [0.25, 0.3) is 0 Å². The Morgan fingerprint density at radius 1 is 1.08 bits per heavy atom. The molecule has 2 amide bonds. The van der Waals surface area contributed by atoms with Crippen LogP contribution in [0.5, 0.6) is 0 Å². The third-order valence-electron chi connectivity index (χ3n) is 6.22. The highest BCUT2D eigenvalue weighted by atomic mass is 35.5. The fraction of sp³-hybridized carbons (Fsp3) is 0.462. The normalized spacial score (nSPS) is 16.2. The van der Waals surface area contributed by atoms with Crippen molar-refractivity contribution in [2.24, 2.45) is 0 Å². The Bertz CT molecular complexity index is 1180. The Hall–Kier alpha value is -2.95. The van der Waals surface area contributed by atoms with Crippen LogP contribution in [0.15, 0.2) is 30.3 Å². The molecule has 1 unspecified atom stereocenters. The molecule has 0 spiro atoms. The standard InChI is InChI=1S/C26H27ClF6N2O3/c1-14(2)38-24(37)34-9-5-6-22(20-7-8-21(27)15(3)23(20)34)35(16(4)36)13-17-10-18(25(28,29)30)12-19(11-17)26(31,32)33/h7-8,10-12,14,22H,5-6,9,13H2,1-4H3. The maximum atomic E-state index is 13.4. The van der Waals surface area contributed by atoms with Gasteiger partial charge in [0.1, 0.15) is 0 Å². The fourth-order valence-corrected chi connectivity index (χ4v) is 4.71. The predicted molar refractivity (Wildman–Crippen MR) is 130 cm³/mol. The van der Waals surface area contributed by atoms with E-state index in [0.717, 1.165) is 0 Å². The molecule has 1 atom stereocenters.